The number of thiophene rings is 1. The highest BCUT2D eigenvalue weighted by molar-refractivity contribution is 7.17. The summed E-state index contributed by atoms with van der Waals surface area (Å²) in [4.78, 5) is 11.6. The first-order chi connectivity index (χ1) is 8.54. The Balaban J connectivity index is 2.35. The molecule has 1 aromatic carbocycles. The fourth-order valence-electron chi connectivity index (χ4n) is 1.99. The number of hydrogen-bond acceptors (Lipinski definition) is 3. The Morgan fingerprint density at radius 1 is 1.44 bits per heavy atom. The second kappa shape index (κ2) is 4.79. The molecule has 0 aliphatic carbocycles. The lowest BCUT2D eigenvalue weighted by Crippen LogP contribution is -2.40. The first-order valence-electron chi connectivity index (χ1n) is 5.69. The quantitative estimate of drug-likeness (QED) is 0.919. The van der Waals surface area contributed by atoms with E-state index in [0.717, 1.165) is 10.9 Å². The van der Waals surface area contributed by atoms with Crippen LogP contribution in [0, 0.1) is 11.3 Å². The van der Waals surface area contributed by atoms with Crippen LogP contribution in [0.3, 0.4) is 0 Å². The Bertz CT molecular complexity index is 622. The van der Waals surface area contributed by atoms with Crippen molar-refractivity contribution in [3.63, 3.8) is 0 Å². The van der Waals surface area contributed by atoms with Gasteiger partial charge in [0.2, 0.25) is 5.91 Å². The van der Waals surface area contributed by atoms with Crippen molar-refractivity contribution in [1.29, 1.82) is 5.26 Å². The molecule has 92 valence electrons. The van der Waals surface area contributed by atoms with E-state index in [1.54, 1.807) is 11.3 Å². The molecule has 0 unspecified atom stereocenters. The summed E-state index contributed by atoms with van der Waals surface area (Å²) in [5.41, 5.74) is 0.627. The summed E-state index contributed by atoms with van der Waals surface area (Å²) in [6, 6.07) is 9.98. The number of nitriles is 1. The van der Waals surface area contributed by atoms with Gasteiger partial charge in [0.25, 0.3) is 0 Å². The van der Waals surface area contributed by atoms with Crippen LogP contribution < -0.4 is 5.32 Å². The molecule has 3 nitrogen and oxygen atoms in total. The smallest absolute Gasteiger partial charge is 0.234 e. The summed E-state index contributed by atoms with van der Waals surface area (Å²) in [6.07, 6.45) is -0.106. The maximum absolute atomic E-state index is 11.6. The summed E-state index contributed by atoms with van der Waals surface area (Å²) in [6.45, 7) is 3.91. The number of nitrogens with zero attached hydrogens (tertiary/aromatic N) is 1. The van der Waals surface area contributed by atoms with Crippen LogP contribution in [-0.4, -0.2) is 5.91 Å². The van der Waals surface area contributed by atoms with Gasteiger partial charge in [-0.05, 0) is 36.2 Å². The lowest BCUT2D eigenvalue weighted by Gasteiger charge is -2.25. The molecule has 1 amide bonds. The van der Waals surface area contributed by atoms with Crippen LogP contribution >= 0.6 is 11.3 Å². The van der Waals surface area contributed by atoms with E-state index >= 15 is 0 Å². The zero-order chi connectivity index (χ0) is 13.2. The Labute approximate surface area is 110 Å². The van der Waals surface area contributed by atoms with E-state index in [-0.39, 0.29) is 12.3 Å². The van der Waals surface area contributed by atoms with Gasteiger partial charge in [-0.3, -0.25) is 4.79 Å². The van der Waals surface area contributed by atoms with Gasteiger partial charge in [0.05, 0.1) is 11.6 Å². The van der Waals surface area contributed by atoms with E-state index in [1.165, 1.54) is 4.70 Å². The Morgan fingerprint density at radius 2 is 2.17 bits per heavy atom. The predicted molar refractivity (Wildman–Crippen MR) is 73.2 cm³/mol. The third-order valence-electron chi connectivity index (χ3n) is 2.85. The fourth-order valence-corrected chi connectivity index (χ4v) is 3.12. The topological polar surface area (TPSA) is 52.9 Å². The second-order valence-corrected chi connectivity index (χ2v) is 5.56. The molecule has 0 bridgehead atoms. The van der Waals surface area contributed by atoms with Crippen molar-refractivity contribution in [3.8, 4) is 6.07 Å². The van der Waals surface area contributed by atoms with Crippen LogP contribution in [0.25, 0.3) is 10.1 Å². The number of nitrogens with one attached hydrogen (secondary N) is 1. The fraction of sp³-hybridized carbons (Fsp3) is 0.286. The van der Waals surface area contributed by atoms with Crippen molar-refractivity contribution in [2.45, 2.75) is 25.8 Å². The number of carbonyl (C=O) groups is 1. The molecule has 0 aliphatic rings. The van der Waals surface area contributed by atoms with Crippen molar-refractivity contribution in [2.75, 3.05) is 0 Å². The lowest BCUT2D eigenvalue weighted by molar-refractivity contribution is -0.121. The molecular formula is C14H14N2OS. The van der Waals surface area contributed by atoms with Crippen molar-refractivity contribution in [2.24, 2.45) is 0 Å². The SMILES string of the molecule is CC(C)(NC(=O)CC#N)c1csc2ccccc12. The maximum atomic E-state index is 11.6. The molecule has 2 aromatic rings. The standard InChI is InChI=1S/C14H14N2OS/c1-14(2,16-13(17)7-8-15)11-9-18-12-6-4-3-5-10(11)12/h3-6,9H,7H2,1-2H3,(H,16,17). The van der Waals surface area contributed by atoms with Crippen molar-refractivity contribution >= 4 is 27.3 Å². The summed E-state index contributed by atoms with van der Waals surface area (Å²) >= 11 is 1.66. The largest absolute Gasteiger partial charge is 0.346 e. The van der Waals surface area contributed by atoms with Gasteiger partial charge in [0.1, 0.15) is 6.42 Å². The molecular weight excluding hydrogens is 244 g/mol. The van der Waals surface area contributed by atoms with E-state index < -0.39 is 5.54 Å². The first-order valence-corrected chi connectivity index (χ1v) is 6.57. The van der Waals surface area contributed by atoms with E-state index in [0.29, 0.717) is 0 Å². The van der Waals surface area contributed by atoms with Gasteiger partial charge in [-0.1, -0.05) is 18.2 Å². The van der Waals surface area contributed by atoms with Gasteiger partial charge >= 0.3 is 0 Å². The molecule has 0 atom stereocenters. The Morgan fingerprint density at radius 3 is 2.89 bits per heavy atom. The minimum atomic E-state index is -0.465. The zero-order valence-electron chi connectivity index (χ0n) is 10.4. The molecule has 2 rings (SSSR count). The first kappa shape index (κ1) is 12.6. The van der Waals surface area contributed by atoms with Crippen LogP contribution in [0.2, 0.25) is 0 Å². The molecule has 1 N–H and O–H groups in total. The highest BCUT2D eigenvalue weighted by Gasteiger charge is 2.25. The highest BCUT2D eigenvalue weighted by atomic mass is 32.1. The summed E-state index contributed by atoms with van der Waals surface area (Å²) in [5, 5.41) is 14.6. The number of benzene rings is 1. The molecule has 18 heavy (non-hydrogen) atoms. The Hall–Kier alpha value is -1.86. The van der Waals surface area contributed by atoms with Gasteiger partial charge in [-0.25, -0.2) is 0 Å². The number of amides is 1. The lowest BCUT2D eigenvalue weighted by atomic mass is 9.93. The molecule has 0 spiro atoms. The number of rotatable bonds is 3. The minimum Gasteiger partial charge on any atom is -0.346 e. The molecule has 4 heteroatoms. The van der Waals surface area contributed by atoms with Crippen LogP contribution in [0.4, 0.5) is 0 Å². The van der Waals surface area contributed by atoms with E-state index in [2.05, 4.69) is 22.8 Å². The molecule has 0 saturated heterocycles. The molecule has 1 heterocycles. The monoisotopic (exact) mass is 258 g/mol. The maximum Gasteiger partial charge on any atom is 0.234 e. The number of hydrogen-bond donors (Lipinski definition) is 1. The minimum absolute atomic E-state index is 0.106. The number of carbonyl (C=O) groups excluding carboxylic acids is 1. The van der Waals surface area contributed by atoms with E-state index in [9.17, 15) is 4.79 Å². The van der Waals surface area contributed by atoms with Crippen LogP contribution in [0.5, 0.6) is 0 Å². The highest BCUT2D eigenvalue weighted by Crippen LogP contribution is 2.33. The van der Waals surface area contributed by atoms with E-state index in [4.69, 9.17) is 5.26 Å². The third kappa shape index (κ3) is 2.36. The molecule has 0 saturated carbocycles. The van der Waals surface area contributed by atoms with Crippen LogP contribution in [0.15, 0.2) is 29.6 Å². The average molecular weight is 258 g/mol. The van der Waals surface area contributed by atoms with Gasteiger partial charge in [0.15, 0.2) is 0 Å². The normalized spacial score (nSPS) is 11.2. The summed E-state index contributed by atoms with van der Waals surface area (Å²) < 4.78 is 1.20. The molecule has 0 fully saturated rings. The van der Waals surface area contributed by atoms with Crippen LogP contribution in [-0.2, 0) is 10.3 Å². The van der Waals surface area contributed by atoms with Gasteiger partial charge in [-0.2, -0.15) is 5.26 Å². The summed E-state index contributed by atoms with van der Waals surface area (Å²) in [5.74, 6) is -0.238. The molecule has 0 radical (unpaired) electrons. The van der Waals surface area contributed by atoms with Crippen molar-refractivity contribution in [3.05, 3.63) is 35.2 Å². The number of fused-ring (bicyclic) bond motifs is 1. The predicted octanol–water partition coefficient (Wildman–Crippen LogP) is 3.17. The van der Waals surface area contributed by atoms with Crippen molar-refractivity contribution < 1.29 is 4.79 Å². The van der Waals surface area contributed by atoms with Gasteiger partial charge in [-0.15, -0.1) is 11.3 Å². The molecule has 0 aliphatic heterocycles. The third-order valence-corrected chi connectivity index (χ3v) is 3.81. The van der Waals surface area contributed by atoms with Crippen LogP contribution in [0.1, 0.15) is 25.8 Å². The zero-order valence-corrected chi connectivity index (χ0v) is 11.2. The molecule has 1 aromatic heterocycles. The second-order valence-electron chi connectivity index (χ2n) is 4.65. The average Bonchev–Trinajstić information content (AvgIpc) is 2.72. The van der Waals surface area contributed by atoms with Gasteiger partial charge in [0, 0.05) is 4.70 Å². The summed E-state index contributed by atoms with van der Waals surface area (Å²) in [7, 11) is 0. The van der Waals surface area contributed by atoms with Crippen molar-refractivity contribution in [1.82, 2.24) is 5.32 Å². The van der Waals surface area contributed by atoms with E-state index in [1.807, 2.05) is 32.0 Å². The van der Waals surface area contributed by atoms with Gasteiger partial charge < -0.3 is 5.32 Å². The Kier molecular flexibility index (Phi) is 3.35.